The van der Waals surface area contributed by atoms with Gasteiger partial charge in [0.15, 0.2) is 0 Å². The van der Waals surface area contributed by atoms with Crippen molar-refractivity contribution < 1.29 is 9.90 Å². The van der Waals surface area contributed by atoms with Gasteiger partial charge < -0.3 is 15.7 Å². The lowest BCUT2D eigenvalue weighted by molar-refractivity contribution is 0.0768. The highest BCUT2D eigenvalue weighted by Gasteiger charge is 2.15. The number of anilines is 1. The van der Waals surface area contributed by atoms with E-state index in [-0.39, 0.29) is 19.1 Å². The molecular weight excluding hydrogens is 230 g/mol. The quantitative estimate of drug-likeness (QED) is 0.841. The fourth-order valence-corrected chi connectivity index (χ4v) is 1.84. The molecule has 1 heterocycles. The number of nitrogens with two attached hydrogens (primary N) is 1. The van der Waals surface area contributed by atoms with Crippen LogP contribution in [-0.4, -0.2) is 41.1 Å². The molecule has 1 aromatic heterocycles. The second-order valence-electron chi connectivity index (χ2n) is 4.05. The van der Waals surface area contributed by atoms with E-state index in [1.54, 1.807) is 7.05 Å². The fraction of sp³-hybridized carbons (Fsp3) is 0.231. The third-order valence-corrected chi connectivity index (χ3v) is 2.84. The van der Waals surface area contributed by atoms with Crippen LogP contribution in [-0.2, 0) is 0 Å². The number of carbonyl (C=O) groups is 1. The highest BCUT2D eigenvalue weighted by atomic mass is 16.3. The minimum Gasteiger partial charge on any atom is -0.395 e. The number of nitrogens with zero attached hydrogens (tertiary/aromatic N) is 2. The van der Waals surface area contributed by atoms with Crippen LogP contribution in [0, 0.1) is 0 Å². The molecule has 3 N–H and O–H groups in total. The van der Waals surface area contributed by atoms with Crippen molar-refractivity contribution in [2.45, 2.75) is 0 Å². The summed E-state index contributed by atoms with van der Waals surface area (Å²) in [6.45, 7) is 0.222. The molecule has 0 saturated heterocycles. The minimum atomic E-state index is -0.173. The van der Waals surface area contributed by atoms with Crippen LogP contribution < -0.4 is 5.73 Å². The predicted molar refractivity (Wildman–Crippen MR) is 70.2 cm³/mol. The smallest absolute Gasteiger partial charge is 0.255 e. The lowest BCUT2D eigenvalue weighted by Crippen LogP contribution is -2.29. The highest BCUT2D eigenvalue weighted by Crippen LogP contribution is 2.23. The van der Waals surface area contributed by atoms with Crippen molar-refractivity contribution in [3.63, 3.8) is 0 Å². The first-order chi connectivity index (χ1) is 8.65. The maximum absolute atomic E-state index is 12.2. The highest BCUT2D eigenvalue weighted by molar-refractivity contribution is 6.08. The topological polar surface area (TPSA) is 79.5 Å². The summed E-state index contributed by atoms with van der Waals surface area (Å²) in [6, 6.07) is 7.38. The summed E-state index contributed by atoms with van der Waals surface area (Å²) >= 11 is 0. The standard InChI is InChI=1S/C13H15N3O2/c1-16(6-7-17)13(18)11-8-15-12(14)10-5-3-2-4-9(10)11/h2-5,8,17H,6-7H2,1H3,(H2,14,15). The van der Waals surface area contributed by atoms with Gasteiger partial charge in [0.05, 0.1) is 12.2 Å². The Morgan fingerprint density at radius 2 is 2.06 bits per heavy atom. The summed E-state index contributed by atoms with van der Waals surface area (Å²) in [5.41, 5.74) is 6.28. The van der Waals surface area contributed by atoms with Gasteiger partial charge in [-0.1, -0.05) is 24.3 Å². The van der Waals surface area contributed by atoms with Crippen LogP contribution in [0.15, 0.2) is 30.5 Å². The monoisotopic (exact) mass is 245 g/mol. The zero-order valence-electron chi connectivity index (χ0n) is 10.1. The molecule has 0 unspecified atom stereocenters. The van der Waals surface area contributed by atoms with Gasteiger partial charge in [-0.3, -0.25) is 4.79 Å². The van der Waals surface area contributed by atoms with Crippen LogP contribution in [0.2, 0.25) is 0 Å². The summed E-state index contributed by atoms with van der Waals surface area (Å²) in [4.78, 5) is 17.7. The van der Waals surface area contributed by atoms with Crippen LogP contribution in [0.5, 0.6) is 0 Å². The van der Waals surface area contributed by atoms with E-state index >= 15 is 0 Å². The van der Waals surface area contributed by atoms with E-state index < -0.39 is 0 Å². The summed E-state index contributed by atoms with van der Waals surface area (Å²) in [7, 11) is 1.64. The number of amides is 1. The lowest BCUT2D eigenvalue weighted by atomic mass is 10.1. The van der Waals surface area contributed by atoms with Gasteiger partial charge in [-0.2, -0.15) is 0 Å². The second-order valence-corrected chi connectivity index (χ2v) is 4.05. The average Bonchev–Trinajstić information content (AvgIpc) is 2.39. The molecule has 0 aliphatic rings. The first-order valence-electron chi connectivity index (χ1n) is 5.64. The maximum atomic E-state index is 12.2. The number of aromatic nitrogens is 1. The van der Waals surface area contributed by atoms with E-state index in [2.05, 4.69) is 4.98 Å². The molecule has 94 valence electrons. The first-order valence-corrected chi connectivity index (χ1v) is 5.64. The van der Waals surface area contributed by atoms with Crippen LogP contribution >= 0.6 is 0 Å². The molecule has 0 bridgehead atoms. The Kier molecular flexibility index (Phi) is 3.43. The zero-order valence-corrected chi connectivity index (χ0v) is 10.1. The number of hydrogen-bond donors (Lipinski definition) is 2. The van der Waals surface area contributed by atoms with Crippen molar-refractivity contribution in [1.82, 2.24) is 9.88 Å². The number of benzene rings is 1. The number of carbonyl (C=O) groups excluding carboxylic acids is 1. The summed E-state index contributed by atoms with van der Waals surface area (Å²) in [5, 5.41) is 10.4. The molecule has 2 rings (SSSR count). The molecule has 1 aromatic carbocycles. The third kappa shape index (κ3) is 2.12. The van der Waals surface area contributed by atoms with Crippen LogP contribution in [0.4, 0.5) is 5.82 Å². The van der Waals surface area contributed by atoms with E-state index in [0.717, 1.165) is 10.8 Å². The van der Waals surface area contributed by atoms with Gasteiger partial charge in [-0.25, -0.2) is 4.98 Å². The van der Waals surface area contributed by atoms with Crippen molar-refractivity contribution in [3.8, 4) is 0 Å². The van der Waals surface area contributed by atoms with Gasteiger partial charge in [0, 0.05) is 25.2 Å². The number of rotatable bonds is 3. The van der Waals surface area contributed by atoms with Gasteiger partial charge in [0.25, 0.3) is 5.91 Å². The number of hydrogen-bond acceptors (Lipinski definition) is 4. The Balaban J connectivity index is 2.52. The van der Waals surface area contributed by atoms with Crippen molar-refractivity contribution in [2.24, 2.45) is 0 Å². The van der Waals surface area contributed by atoms with E-state index in [1.807, 2.05) is 24.3 Å². The predicted octanol–water partition coefficient (Wildman–Crippen LogP) is 0.881. The molecule has 1 amide bonds. The minimum absolute atomic E-state index is 0.0669. The average molecular weight is 245 g/mol. The first kappa shape index (κ1) is 12.3. The zero-order chi connectivity index (χ0) is 13.1. The number of pyridine rings is 1. The molecular formula is C13H15N3O2. The molecule has 0 atom stereocenters. The van der Waals surface area contributed by atoms with Crippen LogP contribution in [0.25, 0.3) is 10.8 Å². The molecule has 0 aliphatic carbocycles. The molecule has 0 aliphatic heterocycles. The number of aliphatic hydroxyl groups excluding tert-OH is 1. The van der Waals surface area contributed by atoms with Gasteiger partial charge in [-0.15, -0.1) is 0 Å². The largest absolute Gasteiger partial charge is 0.395 e. The van der Waals surface area contributed by atoms with E-state index in [0.29, 0.717) is 11.4 Å². The number of likely N-dealkylation sites (N-methyl/N-ethyl adjacent to an activating group) is 1. The van der Waals surface area contributed by atoms with E-state index in [9.17, 15) is 4.79 Å². The second kappa shape index (κ2) is 5.01. The van der Waals surface area contributed by atoms with Crippen LogP contribution in [0.3, 0.4) is 0 Å². The van der Waals surface area contributed by atoms with E-state index in [1.165, 1.54) is 11.1 Å². The number of fused-ring (bicyclic) bond motifs is 1. The van der Waals surface area contributed by atoms with Crippen molar-refractivity contribution in [3.05, 3.63) is 36.0 Å². The van der Waals surface area contributed by atoms with Crippen molar-refractivity contribution in [2.75, 3.05) is 25.9 Å². The van der Waals surface area contributed by atoms with Gasteiger partial charge in [-0.05, 0) is 5.39 Å². The number of nitrogen functional groups attached to an aromatic ring is 1. The lowest BCUT2D eigenvalue weighted by Gasteiger charge is -2.17. The normalized spacial score (nSPS) is 10.6. The Morgan fingerprint density at radius 3 is 2.72 bits per heavy atom. The van der Waals surface area contributed by atoms with Crippen molar-refractivity contribution >= 4 is 22.5 Å². The molecule has 0 fully saturated rings. The molecule has 5 heteroatoms. The SMILES string of the molecule is CN(CCO)C(=O)c1cnc(N)c2ccccc12. The number of aliphatic hydroxyl groups is 1. The Bertz CT molecular complexity index is 583. The third-order valence-electron chi connectivity index (χ3n) is 2.84. The van der Waals surface area contributed by atoms with E-state index in [4.69, 9.17) is 10.8 Å². The Hall–Kier alpha value is -2.14. The van der Waals surface area contributed by atoms with Crippen LogP contribution in [0.1, 0.15) is 10.4 Å². The molecule has 0 saturated carbocycles. The summed E-state index contributed by atoms with van der Waals surface area (Å²) in [5.74, 6) is 0.236. The van der Waals surface area contributed by atoms with Gasteiger partial charge >= 0.3 is 0 Å². The molecule has 2 aromatic rings. The molecule has 0 spiro atoms. The molecule has 0 radical (unpaired) electrons. The fourth-order valence-electron chi connectivity index (χ4n) is 1.84. The van der Waals surface area contributed by atoms with Gasteiger partial charge in [0.1, 0.15) is 5.82 Å². The van der Waals surface area contributed by atoms with Gasteiger partial charge in [0.2, 0.25) is 0 Å². The Labute approximate surface area is 105 Å². The maximum Gasteiger partial charge on any atom is 0.255 e. The molecule has 18 heavy (non-hydrogen) atoms. The van der Waals surface area contributed by atoms with Crippen molar-refractivity contribution in [1.29, 1.82) is 0 Å². The molecule has 5 nitrogen and oxygen atoms in total. The summed E-state index contributed by atoms with van der Waals surface area (Å²) in [6.07, 6.45) is 1.48. The summed E-state index contributed by atoms with van der Waals surface area (Å²) < 4.78 is 0. The Morgan fingerprint density at radius 1 is 1.39 bits per heavy atom.